The van der Waals surface area contributed by atoms with Crippen LogP contribution in [0.1, 0.15) is 30.7 Å². The molecule has 0 aliphatic rings. The zero-order valence-corrected chi connectivity index (χ0v) is 9.60. The van der Waals surface area contributed by atoms with E-state index >= 15 is 0 Å². The summed E-state index contributed by atoms with van der Waals surface area (Å²) >= 11 is 0. The van der Waals surface area contributed by atoms with E-state index in [2.05, 4.69) is 4.98 Å². The van der Waals surface area contributed by atoms with E-state index < -0.39 is 17.4 Å². The first kappa shape index (κ1) is 12.8. The number of hydrogen-bond donors (Lipinski definition) is 2. The van der Waals surface area contributed by atoms with E-state index in [4.69, 9.17) is 5.73 Å². The molecule has 0 fully saturated rings. The Balaban J connectivity index is 3.49. The van der Waals surface area contributed by atoms with Gasteiger partial charge in [0, 0.05) is 29.3 Å². The third-order valence-corrected chi connectivity index (χ3v) is 2.56. The second-order valence-electron chi connectivity index (χ2n) is 4.16. The Kier molecular flexibility index (Phi) is 3.48. The van der Waals surface area contributed by atoms with Crippen LogP contribution in [0.15, 0.2) is 10.9 Å². The number of H-pyrrole nitrogens is 1. The van der Waals surface area contributed by atoms with Crippen LogP contribution in [0.5, 0.6) is 0 Å². The van der Waals surface area contributed by atoms with Crippen molar-refractivity contribution >= 4 is 0 Å². The molecule has 0 unspecified atom stereocenters. The highest BCUT2D eigenvalue weighted by atomic mass is 19.3. The Labute approximate surface area is 92.7 Å². The van der Waals surface area contributed by atoms with Crippen LogP contribution in [0, 0.1) is 12.8 Å². The van der Waals surface area contributed by atoms with Crippen molar-refractivity contribution in [2.45, 2.75) is 33.2 Å². The molecule has 0 bridgehead atoms. The van der Waals surface area contributed by atoms with Crippen LogP contribution in [0.4, 0.5) is 8.78 Å². The lowest BCUT2D eigenvalue weighted by molar-refractivity contribution is -0.0523. The van der Waals surface area contributed by atoms with Gasteiger partial charge in [0.05, 0.1) is 0 Å². The maximum absolute atomic E-state index is 13.9. The molecule has 16 heavy (non-hydrogen) atoms. The average molecular weight is 230 g/mol. The molecule has 0 saturated heterocycles. The minimum atomic E-state index is -3.03. The fourth-order valence-corrected chi connectivity index (χ4v) is 1.53. The Morgan fingerprint density at radius 3 is 2.50 bits per heavy atom. The summed E-state index contributed by atoms with van der Waals surface area (Å²) in [5.74, 6) is -3.91. The summed E-state index contributed by atoms with van der Waals surface area (Å²) in [6, 6.07) is 1.30. The van der Waals surface area contributed by atoms with Gasteiger partial charge in [-0.25, -0.2) is 8.78 Å². The van der Waals surface area contributed by atoms with Gasteiger partial charge in [0.2, 0.25) is 0 Å². The van der Waals surface area contributed by atoms with Crippen LogP contribution in [0.3, 0.4) is 0 Å². The predicted octanol–water partition coefficient (Wildman–Crippen LogP) is 1.89. The molecule has 3 N–H and O–H groups in total. The van der Waals surface area contributed by atoms with E-state index in [0.717, 1.165) is 0 Å². The average Bonchev–Trinajstić information content (AvgIpc) is 2.16. The first-order valence-corrected chi connectivity index (χ1v) is 5.11. The zero-order valence-electron chi connectivity index (χ0n) is 9.60. The Hall–Kier alpha value is -1.23. The van der Waals surface area contributed by atoms with E-state index in [9.17, 15) is 13.6 Å². The zero-order chi connectivity index (χ0) is 12.5. The van der Waals surface area contributed by atoms with Gasteiger partial charge in [0.25, 0.3) is 11.5 Å². The van der Waals surface area contributed by atoms with Crippen LogP contribution in [-0.4, -0.2) is 4.98 Å². The molecule has 0 amide bonds. The normalized spacial score (nSPS) is 12.2. The predicted molar refractivity (Wildman–Crippen MR) is 58.4 cm³/mol. The molecule has 1 aromatic rings. The first-order valence-electron chi connectivity index (χ1n) is 5.11. The van der Waals surface area contributed by atoms with Crippen molar-refractivity contribution in [3.8, 4) is 0 Å². The lowest BCUT2D eigenvalue weighted by Gasteiger charge is -2.23. The SMILES string of the molecule is Cc1cc(C(F)(F)C(C)C)c(CN)c(=O)[nH]1. The highest BCUT2D eigenvalue weighted by Gasteiger charge is 2.38. The number of aryl methyl sites for hydroxylation is 1. The minimum Gasteiger partial charge on any atom is -0.326 e. The van der Waals surface area contributed by atoms with E-state index in [-0.39, 0.29) is 17.7 Å². The lowest BCUT2D eigenvalue weighted by Crippen LogP contribution is -2.29. The summed E-state index contributed by atoms with van der Waals surface area (Å²) in [5, 5.41) is 0. The smallest absolute Gasteiger partial charge is 0.276 e. The second-order valence-corrected chi connectivity index (χ2v) is 4.16. The van der Waals surface area contributed by atoms with Gasteiger partial charge in [-0.3, -0.25) is 4.79 Å². The maximum Gasteiger partial charge on any atom is 0.276 e. The van der Waals surface area contributed by atoms with Crippen molar-refractivity contribution in [3.05, 3.63) is 33.2 Å². The molecule has 0 radical (unpaired) electrons. The third kappa shape index (κ3) is 2.14. The standard InChI is InChI=1S/C11H16F2N2O/c1-6(2)11(12,13)9-4-7(3)15-10(16)8(9)5-14/h4,6H,5,14H2,1-3H3,(H,15,16). The topological polar surface area (TPSA) is 58.9 Å². The van der Waals surface area contributed by atoms with Crippen molar-refractivity contribution in [2.75, 3.05) is 0 Å². The van der Waals surface area contributed by atoms with E-state index in [1.54, 1.807) is 6.92 Å². The van der Waals surface area contributed by atoms with E-state index in [1.807, 2.05) is 0 Å². The van der Waals surface area contributed by atoms with Crippen molar-refractivity contribution in [2.24, 2.45) is 11.7 Å². The van der Waals surface area contributed by atoms with Gasteiger partial charge in [-0.05, 0) is 13.0 Å². The Morgan fingerprint density at radius 1 is 1.50 bits per heavy atom. The molecule has 90 valence electrons. The molecule has 3 nitrogen and oxygen atoms in total. The van der Waals surface area contributed by atoms with Gasteiger partial charge in [-0.2, -0.15) is 0 Å². The molecule has 0 aromatic carbocycles. The van der Waals surface area contributed by atoms with Crippen molar-refractivity contribution in [1.82, 2.24) is 4.98 Å². The third-order valence-electron chi connectivity index (χ3n) is 2.56. The Morgan fingerprint density at radius 2 is 2.06 bits per heavy atom. The van der Waals surface area contributed by atoms with Crippen molar-refractivity contribution in [1.29, 1.82) is 0 Å². The number of nitrogens with one attached hydrogen (secondary N) is 1. The van der Waals surface area contributed by atoms with E-state index in [1.165, 1.54) is 19.9 Å². The summed E-state index contributed by atoms with van der Waals surface area (Å²) in [6.07, 6.45) is 0. The monoisotopic (exact) mass is 230 g/mol. The lowest BCUT2D eigenvalue weighted by atomic mass is 9.94. The van der Waals surface area contributed by atoms with Crippen molar-refractivity contribution in [3.63, 3.8) is 0 Å². The summed E-state index contributed by atoms with van der Waals surface area (Å²) in [7, 11) is 0. The van der Waals surface area contributed by atoms with Crippen LogP contribution in [0.25, 0.3) is 0 Å². The van der Waals surface area contributed by atoms with Crippen LogP contribution in [0.2, 0.25) is 0 Å². The van der Waals surface area contributed by atoms with E-state index in [0.29, 0.717) is 5.69 Å². The highest BCUT2D eigenvalue weighted by molar-refractivity contribution is 5.30. The molecule has 1 aromatic heterocycles. The molecule has 0 aliphatic heterocycles. The summed E-state index contributed by atoms with van der Waals surface area (Å²) in [6.45, 7) is 4.21. The minimum absolute atomic E-state index is 0.0377. The molecule has 5 heteroatoms. The summed E-state index contributed by atoms with van der Waals surface area (Å²) < 4.78 is 27.8. The molecule has 0 saturated carbocycles. The van der Waals surface area contributed by atoms with Crippen LogP contribution in [-0.2, 0) is 12.5 Å². The second kappa shape index (κ2) is 4.33. The number of aromatic amines is 1. The summed E-state index contributed by atoms with van der Waals surface area (Å²) in [4.78, 5) is 14.0. The number of alkyl halides is 2. The number of halogens is 2. The highest BCUT2D eigenvalue weighted by Crippen LogP contribution is 2.36. The van der Waals surface area contributed by atoms with Crippen LogP contribution >= 0.6 is 0 Å². The van der Waals surface area contributed by atoms with Gasteiger partial charge >= 0.3 is 0 Å². The molecule has 0 spiro atoms. The van der Waals surface area contributed by atoms with Gasteiger partial charge in [0.1, 0.15) is 0 Å². The first-order chi connectivity index (χ1) is 7.30. The van der Waals surface area contributed by atoms with Gasteiger partial charge in [0.15, 0.2) is 0 Å². The number of rotatable bonds is 3. The molecular weight excluding hydrogens is 214 g/mol. The largest absolute Gasteiger partial charge is 0.326 e. The maximum atomic E-state index is 13.9. The molecule has 0 aliphatic carbocycles. The van der Waals surface area contributed by atoms with Crippen LogP contribution < -0.4 is 11.3 Å². The molecule has 1 heterocycles. The number of hydrogen-bond acceptors (Lipinski definition) is 2. The van der Waals surface area contributed by atoms with Gasteiger partial charge < -0.3 is 10.7 Å². The fourth-order valence-electron chi connectivity index (χ4n) is 1.53. The van der Waals surface area contributed by atoms with Crippen molar-refractivity contribution < 1.29 is 8.78 Å². The summed E-state index contributed by atoms with van der Waals surface area (Å²) in [5.41, 5.74) is 4.93. The number of nitrogens with two attached hydrogens (primary N) is 1. The Bertz CT molecular complexity index is 438. The number of pyridine rings is 1. The molecule has 0 atom stereocenters. The quantitative estimate of drug-likeness (QED) is 0.833. The van der Waals surface area contributed by atoms with Gasteiger partial charge in [-0.15, -0.1) is 0 Å². The fraction of sp³-hybridized carbons (Fsp3) is 0.545. The van der Waals surface area contributed by atoms with Gasteiger partial charge in [-0.1, -0.05) is 13.8 Å². The molecular formula is C11H16F2N2O. The molecule has 1 rings (SSSR count). The number of aromatic nitrogens is 1.